The molecule has 2 aromatic rings. The predicted octanol–water partition coefficient (Wildman–Crippen LogP) is 4.18. The van der Waals surface area contributed by atoms with Crippen LogP contribution >= 0.6 is 11.8 Å². The van der Waals surface area contributed by atoms with Crippen LogP contribution in [0.1, 0.15) is 11.1 Å². The maximum atomic E-state index is 12.7. The van der Waals surface area contributed by atoms with Crippen LogP contribution in [0, 0.1) is 6.92 Å². The summed E-state index contributed by atoms with van der Waals surface area (Å²) in [6.45, 7) is 6.18. The van der Waals surface area contributed by atoms with Crippen molar-refractivity contribution in [2.45, 2.75) is 6.92 Å². The number of hydrogen-bond donors (Lipinski definition) is 0. The number of carbonyl (C=O) groups is 1. The Kier molecular flexibility index (Phi) is 4.91. The molecular weight excluding hydrogens is 318 g/mol. The number of thioether (sulfide) groups is 1. The summed E-state index contributed by atoms with van der Waals surface area (Å²) in [7, 11) is 0. The minimum atomic E-state index is -0.0576. The molecule has 0 unspecified atom stereocenters. The van der Waals surface area contributed by atoms with Crippen LogP contribution in [0.3, 0.4) is 0 Å². The van der Waals surface area contributed by atoms with Gasteiger partial charge in [-0.2, -0.15) is 0 Å². The third-order valence-corrected chi connectivity index (χ3v) is 4.54. The molecule has 0 saturated carbocycles. The van der Waals surface area contributed by atoms with Crippen LogP contribution in [0.4, 0.5) is 5.82 Å². The molecule has 24 heavy (non-hydrogen) atoms. The van der Waals surface area contributed by atoms with Crippen LogP contribution in [-0.4, -0.2) is 27.5 Å². The number of nitrogens with zero attached hydrogens (tertiary/aromatic N) is 3. The lowest BCUT2D eigenvalue weighted by atomic mass is 10.1. The summed E-state index contributed by atoms with van der Waals surface area (Å²) in [6, 6.07) is 13.5. The first-order chi connectivity index (χ1) is 11.7. The van der Waals surface area contributed by atoms with E-state index in [4.69, 9.17) is 0 Å². The predicted molar refractivity (Wildman–Crippen MR) is 100.0 cm³/mol. The molecule has 3 rings (SSSR count). The second kappa shape index (κ2) is 7.27. The van der Waals surface area contributed by atoms with E-state index >= 15 is 0 Å². The molecule has 4 nitrogen and oxygen atoms in total. The quantitative estimate of drug-likeness (QED) is 0.622. The highest BCUT2D eigenvalue weighted by Gasteiger charge is 2.32. The van der Waals surface area contributed by atoms with E-state index in [1.165, 1.54) is 11.8 Å². The van der Waals surface area contributed by atoms with Crippen LogP contribution in [0.15, 0.2) is 71.2 Å². The van der Waals surface area contributed by atoms with E-state index in [1.54, 1.807) is 17.2 Å². The Balaban J connectivity index is 1.97. The summed E-state index contributed by atoms with van der Waals surface area (Å²) in [6.07, 6.45) is 5.30. The number of rotatable bonds is 4. The number of amidine groups is 1. The van der Waals surface area contributed by atoms with Crippen LogP contribution in [0.2, 0.25) is 0 Å². The molecule has 1 aromatic heterocycles. The van der Waals surface area contributed by atoms with Crippen molar-refractivity contribution < 1.29 is 4.79 Å². The van der Waals surface area contributed by atoms with Gasteiger partial charge in [0.05, 0.1) is 4.91 Å². The lowest BCUT2D eigenvalue weighted by Gasteiger charge is -2.12. The van der Waals surface area contributed by atoms with Crippen molar-refractivity contribution in [1.29, 1.82) is 0 Å². The van der Waals surface area contributed by atoms with E-state index in [9.17, 15) is 4.79 Å². The maximum Gasteiger partial charge on any atom is 0.267 e. The number of pyridine rings is 1. The van der Waals surface area contributed by atoms with Crippen LogP contribution < -0.4 is 0 Å². The van der Waals surface area contributed by atoms with Crippen molar-refractivity contribution in [1.82, 2.24) is 9.88 Å². The first-order valence-corrected chi connectivity index (χ1v) is 8.38. The van der Waals surface area contributed by atoms with Gasteiger partial charge in [-0.3, -0.25) is 9.69 Å². The zero-order valence-corrected chi connectivity index (χ0v) is 14.2. The number of aromatic nitrogens is 1. The minimum Gasteiger partial charge on any atom is -0.282 e. The van der Waals surface area contributed by atoms with E-state index in [2.05, 4.69) is 16.6 Å². The van der Waals surface area contributed by atoms with Gasteiger partial charge in [-0.05, 0) is 48.0 Å². The van der Waals surface area contributed by atoms with Crippen molar-refractivity contribution in [2.75, 3.05) is 6.54 Å². The van der Waals surface area contributed by atoms with Crippen molar-refractivity contribution >= 4 is 34.7 Å². The standard InChI is InChI=1S/C19H17N3OS/c1-3-12-22-18(23)16(13-15-9-5-4-8-14(15)2)24-19(22)21-17-10-6-7-11-20-17/h3-11,13H,1,12H2,2H3/b16-13-,21-19+. The minimum absolute atomic E-state index is 0.0576. The molecule has 1 amide bonds. The summed E-state index contributed by atoms with van der Waals surface area (Å²) >= 11 is 1.36. The topological polar surface area (TPSA) is 45.6 Å². The monoisotopic (exact) mass is 335 g/mol. The number of aliphatic imine (C=N–C) groups is 1. The number of carbonyl (C=O) groups excluding carboxylic acids is 1. The largest absolute Gasteiger partial charge is 0.282 e. The fourth-order valence-corrected chi connectivity index (χ4v) is 3.28. The van der Waals surface area contributed by atoms with Crippen molar-refractivity contribution in [2.24, 2.45) is 4.99 Å². The van der Waals surface area contributed by atoms with Gasteiger partial charge in [-0.15, -0.1) is 6.58 Å². The highest BCUT2D eigenvalue weighted by atomic mass is 32.2. The normalized spacial score (nSPS) is 17.7. The van der Waals surface area contributed by atoms with Gasteiger partial charge >= 0.3 is 0 Å². The Morgan fingerprint density at radius 2 is 2.04 bits per heavy atom. The zero-order chi connectivity index (χ0) is 16.9. The molecule has 5 heteroatoms. The fraction of sp³-hybridized carbons (Fsp3) is 0.105. The van der Waals surface area contributed by atoms with Crippen molar-refractivity contribution in [3.63, 3.8) is 0 Å². The van der Waals surface area contributed by atoms with E-state index < -0.39 is 0 Å². The Labute approximate surface area is 145 Å². The summed E-state index contributed by atoms with van der Waals surface area (Å²) in [5, 5.41) is 0.624. The zero-order valence-electron chi connectivity index (χ0n) is 13.3. The van der Waals surface area contributed by atoms with Crippen LogP contribution in [-0.2, 0) is 4.79 Å². The Bertz CT molecular complexity index is 828. The molecule has 1 aliphatic heterocycles. The molecule has 0 aliphatic carbocycles. The summed E-state index contributed by atoms with van der Waals surface area (Å²) in [5.41, 5.74) is 2.16. The average molecular weight is 335 g/mol. The molecule has 1 aromatic carbocycles. The van der Waals surface area contributed by atoms with Gasteiger partial charge in [0.15, 0.2) is 11.0 Å². The van der Waals surface area contributed by atoms with Gasteiger partial charge in [0, 0.05) is 12.7 Å². The van der Waals surface area contributed by atoms with E-state index in [0.717, 1.165) is 11.1 Å². The van der Waals surface area contributed by atoms with E-state index in [-0.39, 0.29) is 5.91 Å². The van der Waals surface area contributed by atoms with E-state index in [0.29, 0.717) is 22.4 Å². The molecule has 1 fully saturated rings. The molecule has 0 spiro atoms. The second-order valence-corrected chi connectivity index (χ2v) is 6.26. The lowest BCUT2D eigenvalue weighted by Crippen LogP contribution is -2.29. The summed E-state index contributed by atoms with van der Waals surface area (Å²) in [4.78, 5) is 23.7. The van der Waals surface area contributed by atoms with Gasteiger partial charge < -0.3 is 0 Å². The highest BCUT2D eigenvalue weighted by Crippen LogP contribution is 2.34. The molecule has 1 aliphatic rings. The van der Waals surface area contributed by atoms with Crippen molar-refractivity contribution in [3.05, 3.63) is 77.3 Å². The Morgan fingerprint density at radius 3 is 2.75 bits per heavy atom. The maximum absolute atomic E-state index is 12.7. The van der Waals surface area contributed by atoms with Crippen LogP contribution in [0.25, 0.3) is 6.08 Å². The fourth-order valence-electron chi connectivity index (χ4n) is 2.29. The van der Waals surface area contributed by atoms with Crippen molar-refractivity contribution in [3.8, 4) is 0 Å². The Morgan fingerprint density at radius 1 is 1.25 bits per heavy atom. The first kappa shape index (κ1) is 16.2. The molecule has 1 saturated heterocycles. The molecule has 2 heterocycles. The third kappa shape index (κ3) is 3.46. The van der Waals surface area contributed by atoms with Gasteiger partial charge in [-0.1, -0.05) is 36.4 Å². The first-order valence-electron chi connectivity index (χ1n) is 7.56. The molecule has 0 atom stereocenters. The Hall–Kier alpha value is -2.66. The molecule has 0 N–H and O–H groups in total. The molecule has 0 radical (unpaired) electrons. The van der Waals surface area contributed by atoms with Gasteiger partial charge in [0.2, 0.25) is 0 Å². The van der Waals surface area contributed by atoms with Gasteiger partial charge in [-0.25, -0.2) is 9.98 Å². The number of aryl methyl sites for hydroxylation is 1. The second-order valence-electron chi connectivity index (χ2n) is 5.25. The molecular formula is C19H17N3OS. The highest BCUT2D eigenvalue weighted by molar-refractivity contribution is 8.18. The lowest BCUT2D eigenvalue weighted by molar-refractivity contribution is -0.121. The van der Waals surface area contributed by atoms with Crippen LogP contribution in [0.5, 0.6) is 0 Å². The number of amides is 1. The van der Waals surface area contributed by atoms with E-state index in [1.807, 2.05) is 55.5 Å². The molecule has 0 bridgehead atoms. The number of benzene rings is 1. The SMILES string of the molecule is C=CCN1C(=O)/C(=C/c2ccccc2C)S/C1=N/c1ccccn1. The van der Waals surface area contributed by atoms with Gasteiger partial charge in [0.25, 0.3) is 5.91 Å². The summed E-state index contributed by atoms with van der Waals surface area (Å²) in [5.74, 6) is 0.525. The van der Waals surface area contributed by atoms with Gasteiger partial charge in [0.1, 0.15) is 0 Å². The summed E-state index contributed by atoms with van der Waals surface area (Å²) < 4.78 is 0. The smallest absolute Gasteiger partial charge is 0.267 e. The third-order valence-electron chi connectivity index (χ3n) is 3.53. The number of hydrogen-bond acceptors (Lipinski definition) is 4. The molecule has 120 valence electrons. The average Bonchev–Trinajstić information content (AvgIpc) is 2.87.